The Morgan fingerprint density at radius 1 is 1.14 bits per heavy atom. The molecule has 1 heterocycles. The van der Waals surface area contributed by atoms with Crippen molar-refractivity contribution in [1.29, 1.82) is 0 Å². The Bertz CT molecular complexity index is 508. The van der Waals surface area contributed by atoms with E-state index in [-0.39, 0.29) is 18.3 Å². The smallest absolute Gasteiger partial charge is 0.260 e. The minimum atomic E-state index is 0.000674. The Morgan fingerprint density at radius 3 is 2.43 bits per heavy atom. The molecule has 1 aromatic carbocycles. The van der Waals surface area contributed by atoms with E-state index in [1.54, 1.807) is 11.8 Å². The fraction of sp³-hybridized carbons (Fsp3) is 0.500. The number of piperazine rings is 1. The van der Waals surface area contributed by atoms with Gasteiger partial charge in [-0.3, -0.25) is 14.5 Å². The molecular formula is C16H22N2O3. The first-order chi connectivity index (χ1) is 10.1. The van der Waals surface area contributed by atoms with Crippen LogP contribution in [-0.2, 0) is 9.59 Å². The van der Waals surface area contributed by atoms with Gasteiger partial charge in [-0.25, -0.2) is 0 Å². The molecule has 0 aliphatic carbocycles. The van der Waals surface area contributed by atoms with Gasteiger partial charge in [0, 0.05) is 26.2 Å². The standard InChI is InChI=1S/C16H22N2O3/c1-13-5-3-4-6-15(13)21-12-16(20)18-9-7-17(8-10-18)11-14(2)19/h3-6H,7-12H2,1-2H3. The molecule has 0 radical (unpaired) electrons. The number of ketones is 1. The molecule has 1 aliphatic heterocycles. The lowest BCUT2D eigenvalue weighted by Gasteiger charge is -2.34. The summed E-state index contributed by atoms with van der Waals surface area (Å²) in [6.45, 7) is 6.89. The van der Waals surface area contributed by atoms with Gasteiger partial charge < -0.3 is 9.64 Å². The van der Waals surface area contributed by atoms with E-state index in [9.17, 15) is 9.59 Å². The predicted molar refractivity (Wildman–Crippen MR) is 80.4 cm³/mol. The van der Waals surface area contributed by atoms with Crippen LogP contribution < -0.4 is 4.74 Å². The predicted octanol–water partition coefficient (Wildman–Crippen LogP) is 1.11. The van der Waals surface area contributed by atoms with Crippen LogP contribution in [0, 0.1) is 6.92 Å². The summed E-state index contributed by atoms with van der Waals surface area (Å²) in [6, 6.07) is 7.67. The maximum absolute atomic E-state index is 12.1. The molecule has 5 heteroatoms. The monoisotopic (exact) mass is 290 g/mol. The minimum Gasteiger partial charge on any atom is -0.484 e. The van der Waals surface area contributed by atoms with Crippen LogP contribution in [0.5, 0.6) is 5.75 Å². The number of nitrogens with zero attached hydrogens (tertiary/aromatic N) is 2. The number of carbonyl (C=O) groups is 2. The van der Waals surface area contributed by atoms with Crippen LogP contribution >= 0.6 is 0 Å². The van der Waals surface area contributed by atoms with Crippen LogP contribution in [0.15, 0.2) is 24.3 Å². The average molecular weight is 290 g/mol. The highest BCUT2D eigenvalue weighted by molar-refractivity contribution is 5.78. The van der Waals surface area contributed by atoms with Crippen LogP contribution in [0.1, 0.15) is 12.5 Å². The van der Waals surface area contributed by atoms with Gasteiger partial charge in [-0.1, -0.05) is 18.2 Å². The molecule has 1 amide bonds. The summed E-state index contributed by atoms with van der Waals surface area (Å²) < 4.78 is 5.58. The fourth-order valence-corrected chi connectivity index (χ4v) is 2.42. The topological polar surface area (TPSA) is 49.9 Å². The van der Waals surface area contributed by atoms with Gasteiger partial charge >= 0.3 is 0 Å². The van der Waals surface area contributed by atoms with E-state index < -0.39 is 0 Å². The van der Waals surface area contributed by atoms with Crippen LogP contribution in [0.2, 0.25) is 0 Å². The van der Waals surface area contributed by atoms with Crippen molar-refractivity contribution in [3.8, 4) is 5.75 Å². The maximum atomic E-state index is 12.1. The van der Waals surface area contributed by atoms with Crippen molar-refractivity contribution >= 4 is 11.7 Å². The first-order valence-electron chi connectivity index (χ1n) is 7.24. The largest absolute Gasteiger partial charge is 0.484 e. The molecule has 2 rings (SSSR count). The summed E-state index contributed by atoms with van der Waals surface area (Å²) in [6.07, 6.45) is 0. The summed E-state index contributed by atoms with van der Waals surface area (Å²) in [7, 11) is 0. The van der Waals surface area contributed by atoms with E-state index in [1.165, 1.54) is 0 Å². The van der Waals surface area contributed by atoms with Crippen molar-refractivity contribution in [3.05, 3.63) is 29.8 Å². The van der Waals surface area contributed by atoms with Gasteiger partial charge in [-0.2, -0.15) is 0 Å². The summed E-state index contributed by atoms with van der Waals surface area (Å²) in [5.41, 5.74) is 1.02. The van der Waals surface area contributed by atoms with Crippen molar-refractivity contribution in [2.45, 2.75) is 13.8 Å². The Labute approximate surface area is 125 Å². The molecule has 0 aromatic heterocycles. The number of carbonyl (C=O) groups excluding carboxylic acids is 2. The normalized spacial score (nSPS) is 15.8. The summed E-state index contributed by atoms with van der Waals surface area (Å²) in [4.78, 5) is 27.1. The maximum Gasteiger partial charge on any atom is 0.260 e. The quantitative estimate of drug-likeness (QED) is 0.815. The fourth-order valence-electron chi connectivity index (χ4n) is 2.42. The molecule has 1 saturated heterocycles. The van der Waals surface area contributed by atoms with Crippen molar-refractivity contribution in [2.24, 2.45) is 0 Å². The van der Waals surface area contributed by atoms with Gasteiger partial charge in [0.05, 0.1) is 6.54 Å². The number of benzene rings is 1. The summed E-state index contributed by atoms with van der Waals surface area (Å²) in [5, 5.41) is 0. The molecule has 21 heavy (non-hydrogen) atoms. The third-order valence-corrected chi connectivity index (χ3v) is 3.62. The zero-order chi connectivity index (χ0) is 15.2. The zero-order valence-corrected chi connectivity index (χ0v) is 12.7. The molecule has 0 unspecified atom stereocenters. The number of ether oxygens (including phenoxy) is 1. The summed E-state index contributed by atoms with van der Waals surface area (Å²) in [5.74, 6) is 0.916. The van der Waals surface area contributed by atoms with Crippen molar-refractivity contribution in [1.82, 2.24) is 9.80 Å². The zero-order valence-electron chi connectivity index (χ0n) is 12.7. The number of Topliss-reactive ketones (excluding diaryl/α,β-unsaturated/α-hetero) is 1. The second-order valence-electron chi connectivity index (χ2n) is 5.41. The third-order valence-electron chi connectivity index (χ3n) is 3.62. The summed E-state index contributed by atoms with van der Waals surface area (Å²) >= 11 is 0. The first kappa shape index (κ1) is 15.5. The highest BCUT2D eigenvalue weighted by Gasteiger charge is 2.21. The molecule has 0 spiro atoms. The lowest BCUT2D eigenvalue weighted by Crippen LogP contribution is -2.50. The van der Waals surface area contributed by atoms with E-state index in [0.717, 1.165) is 24.4 Å². The van der Waals surface area contributed by atoms with Gasteiger partial charge in [0.15, 0.2) is 6.61 Å². The van der Waals surface area contributed by atoms with E-state index in [4.69, 9.17) is 4.74 Å². The van der Waals surface area contributed by atoms with Gasteiger partial charge in [-0.05, 0) is 25.5 Å². The van der Waals surface area contributed by atoms with Crippen molar-refractivity contribution in [3.63, 3.8) is 0 Å². The van der Waals surface area contributed by atoms with Crippen LogP contribution in [0.25, 0.3) is 0 Å². The Kier molecular flexibility index (Phi) is 5.33. The number of rotatable bonds is 5. The van der Waals surface area contributed by atoms with Crippen molar-refractivity contribution < 1.29 is 14.3 Å². The van der Waals surface area contributed by atoms with Gasteiger partial charge in [0.2, 0.25) is 0 Å². The molecule has 5 nitrogen and oxygen atoms in total. The lowest BCUT2D eigenvalue weighted by atomic mass is 10.2. The molecular weight excluding hydrogens is 268 g/mol. The molecule has 0 saturated carbocycles. The minimum absolute atomic E-state index is 0.000674. The number of hydrogen-bond donors (Lipinski definition) is 0. The van der Waals surface area contributed by atoms with Gasteiger partial charge in [0.25, 0.3) is 5.91 Å². The van der Waals surface area contributed by atoms with Crippen LogP contribution in [-0.4, -0.2) is 60.8 Å². The lowest BCUT2D eigenvalue weighted by molar-refractivity contribution is -0.135. The Hall–Kier alpha value is -1.88. The Balaban J connectivity index is 1.77. The number of para-hydroxylation sites is 1. The van der Waals surface area contributed by atoms with E-state index in [0.29, 0.717) is 19.6 Å². The average Bonchev–Trinajstić information content (AvgIpc) is 2.46. The van der Waals surface area contributed by atoms with Gasteiger partial charge in [0.1, 0.15) is 11.5 Å². The third kappa shape index (κ3) is 4.56. The highest BCUT2D eigenvalue weighted by atomic mass is 16.5. The highest BCUT2D eigenvalue weighted by Crippen LogP contribution is 2.16. The SMILES string of the molecule is CC(=O)CN1CCN(C(=O)COc2ccccc2C)CC1. The van der Waals surface area contributed by atoms with E-state index >= 15 is 0 Å². The molecule has 1 fully saturated rings. The molecule has 0 bridgehead atoms. The number of amides is 1. The van der Waals surface area contributed by atoms with Crippen LogP contribution in [0.4, 0.5) is 0 Å². The van der Waals surface area contributed by atoms with Crippen LogP contribution in [0.3, 0.4) is 0 Å². The second-order valence-corrected chi connectivity index (χ2v) is 5.41. The van der Waals surface area contributed by atoms with Gasteiger partial charge in [-0.15, -0.1) is 0 Å². The molecule has 0 atom stereocenters. The molecule has 1 aliphatic rings. The van der Waals surface area contributed by atoms with E-state index in [2.05, 4.69) is 4.90 Å². The van der Waals surface area contributed by atoms with E-state index in [1.807, 2.05) is 31.2 Å². The molecule has 114 valence electrons. The van der Waals surface area contributed by atoms with Crippen molar-refractivity contribution in [2.75, 3.05) is 39.3 Å². The number of aryl methyl sites for hydroxylation is 1. The first-order valence-corrected chi connectivity index (χ1v) is 7.24. The number of hydrogen-bond acceptors (Lipinski definition) is 4. The second kappa shape index (κ2) is 7.22. The molecule has 1 aromatic rings. The molecule has 0 N–H and O–H groups in total. The Morgan fingerprint density at radius 2 is 1.81 bits per heavy atom.